The molecule has 0 amide bonds. The molecule has 1 aliphatic heterocycles. The fourth-order valence-corrected chi connectivity index (χ4v) is 15.2. The third-order valence-electron chi connectivity index (χ3n) is 1.92. The second-order valence-corrected chi connectivity index (χ2v) is 14.3. The van der Waals surface area contributed by atoms with Crippen LogP contribution in [0.4, 0.5) is 0 Å². The first-order chi connectivity index (χ1) is 7.81. The van der Waals surface area contributed by atoms with Gasteiger partial charge < -0.3 is 0 Å². The quantitative estimate of drug-likeness (QED) is 0.387. The van der Waals surface area contributed by atoms with E-state index in [1.165, 1.54) is 7.92 Å². The maximum absolute atomic E-state index is 6.50. The van der Waals surface area contributed by atoms with Crippen molar-refractivity contribution >= 4 is 67.9 Å². The average Bonchev–Trinajstić information content (AvgIpc) is 2.25. The Morgan fingerprint density at radius 2 is 2.00 bits per heavy atom. The normalized spacial score (nSPS) is 39.7. The Labute approximate surface area is 123 Å². The lowest BCUT2D eigenvalue weighted by atomic mass is 10.8. The van der Waals surface area contributed by atoms with E-state index >= 15 is 0 Å². The molecule has 0 saturated heterocycles. The van der Waals surface area contributed by atoms with E-state index in [4.69, 9.17) is 51.5 Å². The van der Waals surface area contributed by atoms with Crippen LogP contribution in [-0.2, 0) is 0 Å². The number of nitrogens with two attached hydrogens (primary N) is 1. The fraction of sp³-hybridized carbons (Fsp3) is 0.333. The summed E-state index contributed by atoms with van der Waals surface area (Å²) in [5.74, 6) is 0. The van der Waals surface area contributed by atoms with Crippen molar-refractivity contribution in [3.05, 3.63) is 25.3 Å². The first kappa shape index (κ1) is 16.7. The zero-order valence-corrected chi connectivity index (χ0v) is 14.5. The molecule has 1 heterocycles. The van der Waals surface area contributed by atoms with Gasteiger partial charge in [-0.15, -0.1) is 6.58 Å². The standard InChI is InChI=1S/C6H12Cl4N4P3/c1-3-5-16(10)13(7)15(9)12-17(11,6-4-2)14(16)8/h3-4H,1-2,5-6,11H2/q+1. The molecule has 98 valence electrons. The first-order valence-electron chi connectivity index (χ1n) is 4.40. The molecule has 3 atom stereocenters. The lowest BCUT2D eigenvalue weighted by Crippen LogP contribution is -2.25. The molecule has 0 spiro atoms. The van der Waals surface area contributed by atoms with Crippen molar-refractivity contribution in [3.63, 3.8) is 0 Å². The van der Waals surface area contributed by atoms with Crippen molar-refractivity contribution < 1.29 is 0 Å². The third-order valence-corrected chi connectivity index (χ3v) is 17.1. The van der Waals surface area contributed by atoms with Crippen molar-refractivity contribution in [2.75, 3.05) is 12.3 Å². The molecule has 0 aromatic rings. The highest BCUT2D eigenvalue weighted by Crippen LogP contribution is 2.89. The molecule has 1 aliphatic rings. The fourth-order valence-electron chi connectivity index (χ4n) is 1.20. The predicted octanol–water partition coefficient (Wildman–Crippen LogP) is 5.74. The van der Waals surface area contributed by atoms with Crippen LogP contribution in [0.5, 0.6) is 0 Å². The van der Waals surface area contributed by atoms with Gasteiger partial charge in [-0.05, 0) is 21.3 Å². The predicted molar refractivity (Wildman–Crippen MR) is 84.6 cm³/mol. The van der Waals surface area contributed by atoms with Gasteiger partial charge in [0.05, 0.1) is 0 Å². The molecule has 2 N–H and O–H groups in total. The van der Waals surface area contributed by atoms with Crippen molar-refractivity contribution in [1.29, 1.82) is 0 Å². The lowest BCUT2D eigenvalue weighted by molar-refractivity contribution is 0.984. The van der Waals surface area contributed by atoms with Gasteiger partial charge in [-0.1, -0.05) is 12.7 Å². The van der Waals surface area contributed by atoms with Crippen LogP contribution in [0.2, 0.25) is 0 Å². The van der Waals surface area contributed by atoms with Crippen LogP contribution in [0.15, 0.2) is 29.8 Å². The van der Waals surface area contributed by atoms with Crippen LogP contribution < -0.4 is 5.50 Å². The van der Waals surface area contributed by atoms with Gasteiger partial charge in [0, 0.05) is 33.7 Å². The topological polar surface area (TPSA) is 44.9 Å². The monoisotopic (exact) mass is 373 g/mol. The molecule has 1 rings (SSSR count). The highest BCUT2D eigenvalue weighted by molar-refractivity contribution is 8.10. The molecule has 0 radical (unpaired) electrons. The second kappa shape index (κ2) is 6.37. The number of nitrogens with zero attached hydrogens (tertiary/aromatic N) is 3. The van der Waals surface area contributed by atoms with E-state index in [9.17, 15) is 0 Å². The van der Waals surface area contributed by atoms with E-state index in [1.807, 2.05) is 0 Å². The zero-order chi connectivity index (χ0) is 13.3. The van der Waals surface area contributed by atoms with E-state index in [2.05, 4.69) is 17.7 Å². The highest BCUT2D eigenvalue weighted by Gasteiger charge is 2.60. The number of hydrogen-bond donors (Lipinski definition) is 1. The summed E-state index contributed by atoms with van der Waals surface area (Å²) in [6.45, 7) is 4.77. The molecule has 11 heteroatoms. The number of hydrogen-bond acceptors (Lipinski definition) is 4. The van der Waals surface area contributed by atoms with Gasteiger partial charge in [0.25, 0.3) is 0 Å². The Kier molecular flexibility index (Phi) is 6.25. The molecule has 17 heavy (non-hydrogen) atoms. The minimum Gasteiger partial charge on any atom is -0.281 e. The molecule has 0 fully saturated rings. The summed E-state index contributed by atoms with van der Waals surface area (Å²) in [6.07, 6.45) is 4.16. The van der Waals surface area contributed by atoms with Crippen LogP contribution in [-0.4, -0.2) is 20.2 Å². The molecule has 4 nitrogen and oxygen atoms in total. The van der Waals surface area contributed by atoms with Gasteiger partial charge in [-0.3, -0.25) is 5.50 Å². The highest BCUT2D eigenvalue weighted by atomic mass is 35.7. The van der Waals surface area contributed by atoms with Gasteiger partial charge in [-0.25, -0.2) is 4.52 Å². The maximum atomic E-state index is 6.50. The molecular weight excluding hydrogens is 363 g/mol. The van der Waals surface area contributed by atoms with Crippen LogP contribution in [0, 0.1) is 0 Å². The molecular formula is C6H12Cl4N4P3+. The Hall–Kier alpha value is 1.61. The van der Waals surface area contributed by atoms with Crippen LogP contribution >= 0.6 is 67.9 Å². The van der Waals surface area contributed by atoms with Gasteiger partial charge in [-0.2, -0.15) is 0 Å². The second-order valence-electron chi connectivity index (χ2n) is 3.18. The molecule has 0 aromatic carbocycles. The summed E-state index contributed by atoms with van der Waals surface area (Å²) < 4.78 is 6.96. The molecule has 0 bridgehead atoms. The van der Waals surface area contributed by atoms with Gasteiger partial charge in [0.1, 0.15) is 17.4 Å². The largest absolute Gasteiger partial charge is 0.302 e. The minimum absolute atomic E-state index is 0.415. The third kappa shape index (κ3) is 3.20. The summed E-state index contributed by atoms with van der Waals surface area (Å²) in [5.41, 5.74) is 6.19. The van der Waals surface area contributed by atoms with Gasteiger partial charge >= 0.3 is 6.92 Å². The van der Waals surface area contributed by atoms with E-state index in [0.717, 1.165) is 0 Å². The molecule has 0 aromatic heterocycles. The van der Waals surface area contributed by atoms with E-state index in [1.54, 1.807) is 12.2 Å². The summed E-state index contributed by atoms with van der Waals surface area (Å²) in [4.78, 5) is 0. The van der Waals surface area contributed by atoms with Crippen molar-refractivity contribution in [3.8, 4) is 0 Å². The SMILES string of the molecule is C=CCP1(N)=NP(Cl)N(Cl)[P+](Cl)(CC=C)N1Cl. The van der Waals surface area contributed by atoms with Crippen molar-refractivity contribution in [1.82, 2.24) is 7.92 Å². The number of rotatable bonds is 4. The van der Waals surface area contributed by atoms with Gasteiger partial charge in [0.15, 0.2) is 7.36 Å². The average molecular weight is 375 g/mol. The van der Waals surface area contributed by atoms with Crippen molar-refractivity contribution in [2.24, 2.45) is 10.0 Å². The Bertz CT molecular complexity index is 380. The summed E-state index contributed by atoms with van der Waals surface area (Å²) in [7, 11) is -3.92. The smallest absolute Gasteiger partial charge is 0.281 e. The summed E-state index contributed by atoms with van der Waals surface area (Å²) >= 11 is 25.0. The number of halogens is 4. The molecule has 0 saturated carbocycles. The Morgan fingerprint density at radius 1 is 1.41 bits per heavy atom. The van der Waals surface area contributed by atoms with Gasteiger partial charge in [0.2, 0.25) is 7.58 Å². The minimum atomic E-state index is -2.52. The zero-order valence-electron chi connectivity index (χ0n) is 8.76. The maximum Gasteiger partial charge on any atom is 0.302 e. The van der Waals surface area contributed by atoms with Crippen molar-refractivity contribution in [2.45, 2.75) is 0 Å². The first-order valence-corrected chi connectivity index (χ1v) is 12.0. The Morgan fingerprint density at radius 3 is 2.47 bits per heavy atom. The van der Waals surface area contributed by atoms with E-state index in [0.29, 0.717) is 12.3 Å². The number of allylic oxidation sites excluding steroid dienone is 2. The van der Waals surface area contributed by atoms with Crippen LogP contribution in [0.3, 0.4) is 0 Å². The summed E-state index contributed by atoms with van der Waals surface area (Å²) in [6, 6.07) is 0. The Balaban J connectivity index is 3.25. The molecule has 0 aliphatic carbocycles. The van der Waals surface area contributed by atoms with Crippen LogP contribution in [0.1, 0.15) is 0 Å². The lowest BCUT2D eigenvalue weighted by Gasteiger charge is -2.38. The van der Waals surface area contributed by atoms with E-state index in [-0.39, 0.29) is 0 Å². The van der Waals surface area contributed by atoms with E-state index < -0.39 is 21.8 Å². The molecule has 3 unspecified atom stereocenters. The summed E-state index contributed by atoms with van der Waals surface area (Å²) in [5, 5.41) is 0. The van der Waals surface area contributed by atoms with Crippen LogP contribution in [0.25, 0.3) is 0 Å².